The number of carbonyl (C=O) groups excluding carboxylic acids is 1. The zero-order valence-corrected chi connectivity index (χ0v) is 20.7. The number of nitrogens with zero attached hydrogens (tertiary/aromatic N) is 1. The number of ether oxygens (including phenoxy) is 1. The van der Waals surface area contributed by atoms with Crippen molar-refractivity contribution < 1.29 is 17.9 Å². The fourth-order valence-corrected chi connectivity index (χ4v) is 5.14. The fraction of sp³-hybridized carbons (Fsp3) is 0.296. The van der Waals surface area contributed by atoms with E-state index in [1.165, 1.54) is 12.1 Å². The Labute approximate surface area is 202 Å². The van der Waals surface area contributed by atoms with Crippen molar-refractivity contribution in [3.05, 3.63) is 90.5 Å². The molecule has 0 spiro atoms. The maximum Gasteiger partial charge on any atom is 0.264 e. The minimum absolute atomic E-state index is 0.0920. The van der Waals surface area contributed by atoms with Crippen LogP contribution in [0.3, 0.4) is 0 Å². The Bertz CT molecular complexity index is 1150. The van der Waals surface area contributed by atoms with Crippen LogP contribution in [0.4, 0.5) is 5.69 Å². The highest BCUT2D eigenvalue weighted by molar-refractivity contribution is 7.92. The summed E-state index contributed by atoms with van der Waals surface area (Å²) in [6.45, 7) is 6.20. The van der Waals surface area contributed by atoms with Gasteiger partial charge in [0.15, 0.2) is 0 Å². The normalized spacial score (nSPS) is 12.2. The van der Waals surface area contributed by atoms with E-state index in [1.807, 2.05) is 37.3 Å². The maximum absolute atomic E-state index is 13.6. The standard InChI is InChI=1S/C27H32N2O4S/c1-4-33-24-15-17-25(18-16-24)34(31,32)29(23-13-9-6-10-14-23)20-27(30)28-26(19-21(2)3)22-11-7-5-8-12-22/h5-18,21,26H,4,19-20H2,1-3H3,(H,28,30)/t26-/m0/s1. The van der Waals surface area contributed by atoms with Crippen LogP contribution in [0, 0.1) is 5.92 Å². The Morgan fingerprint density at radius 3 is 2.06 bits per heavy atom. The molecule has 0 aliphatic heterocycles. The lowest BCUT2D eigenvalue weighted by atomic mass is 9.97. The second kappa shape index (κ2) is 11.7. The second-order valence-electron chi connectivity index (χ2n) is 8.41. The van der Waals surface area contributed by atoms with E-state index in [4.69, 9.17) is 4.74 Å². The summed E-state index contributed by atoms with van der Waals surface area (Å²) >= 11 is 0. The summed E-state index contributed by atoms with van der Waals surface area (Å²) in [7, 11) is -3.99. The van der Waals surface area contributed by atoms with E-state index in [2.05, 4.69) is 19.2 Å². The molecule has 0 bridgehead atoms. The van der Waals surface area contributed by atoms with Crippen molar-refractivity contribution >= 4 is 21.6 Å². The first-order valence-electron chi connectivity index (χ1n) is 11.5. The third-order valence-corrected chi connectivity index (χ3v) is 7.09. The largest absolute Gasteiger partial charge is 0.494 e. The molecule has 0 saturated heterocycles. The van der Waals surface area contributed by atoms with E-state index in [-0.39, 0.29) is 23.4 Å². The van der Waals surface area contributed by atoms with Crippen LogP contribution < -0.4 is 14.4 Å². The first-order valence-corrected chi connectivity index (χ1v) is 12.9. The van der Waals surface area contributed by atoms with Gasteiger partial charge in [0.25, 0.3) is 10.0 Å². The molecular formula is C27H32N2O4S. The van der Waals surface area contributed by atoms with Crippen LogP contribution in [-0.2, 0) is 14.8 Å². The summed E-state index contributed by atoms with van der Waals surface area (Å²) in [6, 6.07) is 24.4. The smallest absolute Gasteiger partial charge is 0.264 e. The first kappa shape index (κ1) is 25.3. The Morgan fingerprint density at radius 1 is 0.912 bits per heavy atom. The van der Waals surface area contributed by atoms with E-state index < -0.39 is 10.0 Å². The summed E-state index contributed by atoms with van der Waals surface area (Å²) < 4.78 is 33.7. The number of hydrogen-bond acceptors (Lipinski definition) is 4. The van der Waals surface area contributed by atoms with E-state index in [1.54, 1.807) is 42.5 Å². The molecule has 3 aromatic carbocycles. The molecule has 1 N–H and O–H groups in total. The van der Waals surface area contributed by atoms with Crippen molar-refractivity contribution in [2.45, 2.75) is 38.1 Å². The van der Waals surface area contributed by atoms with Gasteiger partial charge in [-0.05, 0) is 61.2 Å². The van der Waals surface area contributed by atoms with Crippen LogP contribution in [0.15, 0.2) is 89.8 Å². The Balaban J connectivity index is 1.88. The van der Waals surface area contributed by atoms with Gasteiger partial charge in [0.1, 0.15) is 12.3 Å². The van der Waals surface area contributed by atoms with Crippen LogP contribution in [0.5, 0.6) is 5.75 Å². The zero-order chi connectivity index (χ0) is 24.6. The second-order valence-corrected chi connectivity index (χ2v) is 10.3. The van der Waals surface area contributed by atoms with Gasteiger partial charge in [0, 0.05) is 0 Å². The van der Waals surface area contributed by atoms with Crippen molar-refractivity contribution in [3.8, 4) is 5.75 Å². The minimum atomic E-state index is -3.99. The molecule has 0 aromatic heterocycles. The Morgan fingerprint density at radius 2 is 1.50 bits per heavy atom. The molecule has 0 saturated carbocycles. The highest BCUT2D eigenvalue weighted by Crippen LogP contribution is 2.26. The molecule has 3 rings (SSSR count). The van der Waals surface area contributed by atoms with Crippen molar-refractivity contribution in [1.82, 2.24) is 5.32 Å². The lowest BCUT2D eigenvalue weighted by Crippen LogP contribution is -2.42. The highest BCUT2D eigenvalue weighted by Gasteiger charge is 2.28. The number of amides is 1. The van der Waals surface area contributed by atoms with Crippen LogP contribution >= 0.6 is 0 Å². The molecule has 7 heteroatoms. The van der Waals surface area contributed by atoms with Crippen molar-refractivity contribution in [1.29, 1.82) is 0 Å². The molecular weight excluding hydrogens is 448 g/mol. The van der Waals surface area contributed by atoms with Gasteiger partial charge in [0.05, 0.1) is 23.2 Å². The third-order valence-electron chi connectivity index (χ3n) is 5.30. The summed E-state index contributed by atoms with van der Waals surface area (Å²) in [4.78, 5) is 13.3. The number of para-hydroxylation sites is 1. The van der Waals surface area contributed by atoms with Gasteiger partial charge in [0.2, 0.25) is 5.91 Å². The summed E-state index contributed by atoms with van der Waals surface area (Å²) in [6.07, 6.45) is 0.743. The zero-order valence-electron chi connectivity index (χ0n) is 19.8. The van der Waals surface area contributed by atoms with Crippen LogP contribution in [0.2, 0.25) is 0 Å². The predicted molar refractivity (Wildman–Crippen MR) is 135 cm³/mol. The van der Waals surface area contributed by atoms with Gasteiger partial charge in [-0.3, -0.25) is 9.10 Å². The van der Waals surface area contributed by atoms with E-state index >= 15 is 0 Å². The Hall–Kier alpha value is -3.32. The van der Waals surface area contributed by atoms with Crippen molar-refractivity contribution in [3.63, 3.8) is 0 Å². The quantitative estimate of drug-likeness (QED) is 0.410. The predicted octanol–water partition coefficient (Wildman–Crippen LogP) is 5.18. The first-order chi connectivity index (χ1) is 16.3. The molecule has 0 aliphatic rings. The number of benzene rings is 3. The van der Waals surface area contributed by atoms with Crippen LogP contribution in [0.25, 0.3) is 0 Å². The average Bonchev–Trinajstić information content (AvgIpc) is 2.83. The molecule has 6 nitrogen and oxygen atoms in total. The van der Waals surface area contributed by atoms with Gasteiger partial charge in [-0.1, -0.05) is 62.4 Å². The SMILES string of the molecule is CCOc1ccc(S(=O)(=O)N(CC(=O)N[C@@H](CC(C)C)c2ccccc2)c2ccccc2)cc1. The summed E-state index contributed by atoms with van der Waals surface area (Å²) in [5.41, 5.74) is 1.41. The molecule has 1 atom stereocenters. The molecule has 0 unspecified atom stereocenters. The number of carbonyl (C=O) groups is 1. The molecule has 1 amide bonds. The Kier molecular flexibility index (Phi) is 8.71. The molecule has 0 heterocycles. The van der Waals surface area contributed by atoms with E-state index in [9.17, 15) is 13.2 Å². The summed E-state index contributed by atoms with van der Waals surface area (Å²) in [5.74, 6) is 0.570. The van der Waals surface area contributed by atoms with Crippen molar-refractivity contribution in [2.75, 3.05) is 17.5 Å². The van der Waals surface area contributed by atoms with Gasteiger partial charge < -0.3 is 10.1 Å². The fourth-order valence-electron chi connectivity index (χ4n) is 3.72. The van der Waals surface area contributed by atoms with E-state index in [0.717, 1.165) is 16.3 Å². The molecule has 0 aliphatic carbocycles. The van der Waals surface area contributed by atoms with Crippen LogP contribution in [0.1, 0.15) is 38.8 Å². The number of nitrogens with one attached hydrogen (secondary N) is 1. The lowest BCUT2D eigenvalue weighted by Gasteiger charge is -2.26. The minimum Gasteiger partial charge on any atom is -0.494 e. The number of anilines is 1. The highest BCUT2D eigenvalue weighted by atomic mass is 32.2. The third kappa shape index (κ3) is 6.60. The summed E-state index contributed by atoms with van der Waals surface area (Å²) in [5, 5.41) is 3.05. The maximum atomic E-state index is 13.6. The topological polar surface area (TPSA) is 75.7 Å². The van der Waals surface area contributed by atoms with Gasteiger partial charge in [-0.2, -0.15) is 0 Å². The number of sulfonamides is 1. The molecule has 3 aromatic rings. The van der Waals surface area contributed by atoms with Gasteiger partial charge in [-0.15, -0.1) is 0 Å². The molecule has 0 radical (unpaired) electrons. The molecule has 34 heavy (non-hydrogen) atoms. The van der Waals surface area contributed by atoms with Crippen molar-refractivity contribution in [2.24, 2.45) is 5.92 Å². The van der Waals surface area contributed by atoms with E-state index in [0.29, 0.717) is 24.0 Å². The number of hydrogen-bond donors (Lipinski definition) is 1. The molecule has 0 fully saturated rings. The van der Waals surface area contributed by atoms with Gasteiger partial charge >= 0.3 is 0 Å². The average molecular weight is 481 g/mol. The lowest BCUT2D eigenvalue weighted by molar-refractivity contribution is -0.120. The monoisotopic (exact) mass is 480 g/mol. The number of rotatable bonds is 11. The van der Waals surface area contributed by atoms with Gasteiger partial charge in [-0.25, -0.2) is 8.42 Å². The molecule has 180 valence electrons. The van der Waals surface area contributed by atoms with Crippen LogP contribution in [-0.4, -0.2) is 27.5 Å².